The number of ether oxygens (including phenoxy) is 1. The summed E-state index contributed by atoms with van der Waals surface area (Å²) in [4.78, 5) is 4.58. The third-order valence-corrected chi connectivity index (χ3v) is 4.20. The number of hydrogen-bond acceptors (Lipinski definition) is 3. The van der Waals surface area contributed by atoms with E-state index in [1.807, 2.05) is 12.1 Å². The molecule has 3 nitrogen and oxygen atoms in total. The number of hydrogen-bond donors (Lipinski definition) is 0. The minimum atomic E-state index is -0.793. The van der Waals surface area contributed by atoms with Crippen LogP contribution in [0.3, 0.4) is 0 Å². The van der Waals surface area contributed by atoms with Crippen molar-refractivity contribution in [2.24, 2.45) is 0 Å². The SMILES string of the molecule is COc1ccc(N2CCN(Cc3ccc(F)c(F)c3)CC2)cc1. The summed E-state index contributed by atoms with van der Waals surface area (Å²) in [6.45, 7) is 4.26. The molecule has 3 rings (SSSR count). The highest BCUT2D eigenvalue weighted by molar-refractivity contribution is 5.49. The maximum atomic E-state index is 13.3. The summed E-state index contributed by atoms with van der Waals surface area (Å²) in [7, 11) is 1.66. The third-order valence-electron chi connectivity index (χ3n) is 4.20. The third kappa shape index (κ3) is 3.79. The van der Waals surface area contributed by atoms with E-state index in [1.165, 1.54) is 17.8 Å². The van der Waals surface area contributed by atoms with Crippen molar-refractivity contribution < 1.29 is 13.5 Å². The Kier molecular flexibility index (Phi) is 4.76. The van der Waals surface area contributed by atoms with Crippen molar-refractivity contribution in [2.75, 3.05) is 38.2 Å². The van der Waals surface area contributed by atoms with Gasteiger partial charge in [0, 0.05) is 38.4 Å². The second-order valence-electron chi connectivity index (χ2n) is 5.71. The lowest BCUT2D eigenvalue weighted by molar-refractivity contribution is 0.249. The van der Waals surface area contributed by atoms with Gasteiger partial charge in [0.2, 0.25) is 0 Å². The lowest BCUT2D eigenvalue weighted by atomic mass is 10.1. The molecule has 0 amide bonds. The molecule has 0 atom stereocenters. The minimum absolute atomic E-state index is 0.646. The van der Waals surface area contributed by atoms with E-state index in [1.54, 1.807) is 13.2 Å². The fraction of sp³-hybridized carbons (Fsp3) is 0.333. The number of rotatable bonds is 4. The molecule has 0 aromatic heterocycles. The van der Waals surface area contributed by atoms with E-state index in [0.717, 1.165) is 37.5 Å². The topological polar surface area (TPSA) is 15.7 Å². The Morgan fingerprint density at radius 3 is 2.22 bits per heavy atom. The van der Waals surface area contributed by atoms with Crippen LogP contribution in [0, 0.1) is 11.6 Å². The zero-order chi connectivity index (χ0) is 16.2. The maximum absolute atomic E-state index is 13.3. The lowest BCUT2D eigenvalue weighted by Gasteiger charge is -2.36. The fourth-order valence-corrected chi connectivity index (χ4v) is 2.85. The maximum Gasteiger partial charge on any atom is 0.159 e. The van der Waals surface area contributed by atoms with Crippen LogP contribution in [-0.2, 0) is 6.54 Å². The van der Waals surface area contributed by atoms with E-state index in [9.17, 15) is 8.78 Å². The van der Waals surface area contributed by atoms with E-state index in [-0.39, 0.29) is 0 Å². The van der Waals surface area contributed by atoms with Crippen LogP contribution in [0.2, 0.25) is 0 Å². The number of anilines is 1. The fourth-order valence-electron chi connectivity index (χ4n) is 2.85. The molecule has 5 heteroatoms. The normalized spacial score (nSPS) is 15.7. The molecule has 0 bridgehead atoms. The van der Waals surface area contributed by atoms with Crippen molar-refractivity contribution >= 4 is 5.69 Å². The molecule has 1 heterocycles. The van der Waals surface area contributed by atoms with Gasteiger partial charge in [0.1, 0.15) is 5.75 Å². The summed E-state index contributed by atoms with van der Waals surface area (Å²) in [6.07, 6.45) is 0. The number of nitrogens with zero attached hydrogens (tertiary/aromatic N) is 2. The van der Waals surface area contributed by atoms with Crippen LogP contribution in [0.25, 0.3) is 0 Å². The molecule has 0 aliphatic carbocycles. The molecule has 0 spiro atoms. The lowest BCUT2D eigenvalue weighted by Crippen LogP contribution is -2.45. The average molecular weight is 318 g/mol. The molecule has 122 valence electrons. The molecule has 2 aromatic carbocycles. The molecule has 23 heavy (non-hydrogen) atoms. The summed E-state index contributed by atoms with van der Waals surface area (Å²) in [5.41, 5.74) is 1.99. The molecule has 0 radical (unpaired) electrons. The van der Waals surface area contributed by atoms with Crippen molar-refractivity contribution in [1.82, 2.24) is 4.90 Å². The molecular weight excluding hydrogens is 298 g/mol. The zero-order valence-electron chi connectivity index (χ0n) is 13.1. The average Bonchev–Trinajstić information content (AvgIpc) is 2.59. The molecule has 0 unspecified atom stereocenters. The van der Waals surface area contributed by atoms with Crippen LogP contribution in [0.1, 0.15) is 5.56 Å². The predicted molar refractivity (Wildman–Crippen MR) is 86.8 cm³/mol. The van der Waals surface area contributed by atoms with E-state index < -0.39 is 11.6 Å². The molecule has 0 saturated carbocycles. The van der Waals surface area contributed by atoms with Crippen molar-refractivity contribution in [1.29, 1.82) is 0 Å². The van der Waals surface area contributed by atoms with Crippen molar-refractivity contribution in [3.05, 3.63) is 59.7 Å². The van der Waals surface area contributed by atoms with Crippen molar-refractivity contribution in [2.45, 2.75) is 6.54 Å². The van der Waals surface area contributed by atoms with Crippen LogP contribution in [0.15, 0.2) is 42.5 Å². The van der Waals surface area contributed by atoms with Crippen LogP contribution in [0.4, 0.5) is 14.5 Å². The first-order chi connectivity index (χ1) is 11.2. The molecule has 2 aromatic rings. The van der Waals surface area contributed by atoms with Gasteiger partial charge in [-0.25, -0.2) is 8.78 Å². The number of halogens is 2. The van der Waals surface area contributed by atoms with Gasteiger partial charge in [0.25, 0.3) is 0 Å². The molecular formula is C18H20F2N2O. The molecule has 1 fully saturated rings. The van der Waals surface area contributed by atoms with Gasteiger partial charge in [-0.1, -0.05) is 6.07 Å². The van der Waals surface area contributed by atoms with Gasteiger partial charge in [0.15, 0.2) is 11.6 Å². The van der Waals surface area contributed by atoms with E-state index in [4.69, 9.17) is 4.74 Å². The summed E-state index contributed by atoms with van der Waals surface area (Å²) in [5.74, 6) is -0.719. The van der Waals surface area contributed by atoms with Crippen LogP contribution < -0.4 is 9.64 Å². The van der Waals surface area contributed by atoms with Gasteiger partial charge < -0.3 is 9.64 Å². The summed E-state index contributed by atoms with van der Waals surface area (Å²) in [6, 6.07) is 12.2. The van der Waals surface area contributed by atoms with Crippen molar-refractivity contribution in [3.8, 4) is 5.75 Å². The minimum Gasteiger partial charge on any atom is -0.497 e. The number of benzene rings is 2. The Labute approximate surface area is 135 Å². The largest absolute Gasteiger partial charge is 0.497 e. The summed E-state index contributed by atoms with van der Waals surface area (Å²) < 4.78 is 31.4. The van der Waals surface area contributed by atoms with Crippen molar-refractivity contribution in [3.63, 3.8) is 0 Å². The van der Waals surface area contributed by atoms with Crippen LogP contribution in [0.5, 0.6) is 5.75 Å². The molecule has 1 aliphatic heterocycles. The first-order valence-corrected chi connectivity index (χ1v) is 7.71. The van der Waals surface area contributed by atoms with Gasteiger partial charge in [-0.3, -0.25) is 4.90 Å². The smallest absolute Gasteiger partial charge is 0.159 e. The second kappa shape index (κ2) is 6.96. The molecule has 1 saturated heterocycles. The standard InChI is InChI=1S/C18H20F2N2O/c1-23-16-5-3-15(4-6-16)22-10-8-21(9-11-22)13-14-2-7-17(19)18(20)12-14/h2-7,12H,8-11,13H2,1H3. The highest BCUT2D eigenvalue weighted by atomic mass is 19.2. The first-order valence-electron chi connectivity index (χ1n) is 7.71. The van der Waals surface area contributed by atoms with Gasteiger partial charge in [-0.15, -0.1) is 0 Å². The first kappa shape index (κ1) is 15.7. The van der Waals surface area contributed by atoms with Gasteiger partial charge in [0.05, 0.1) is 7.11 Å². The zero-order valence-corrected chi connectivity index (χ0v) is 13.1. The van der Waals surface area contributed by atoms with Crippen LogP contribution in [-0.4, -0.2) is 38.2 Å². The Balaban J connectivity index is 1.56. The highest BCUT2D eigenvalue weighted by Gasteiger charge is 2.17. The monoisotopic (exact) mass is 318 g/mol. The van der Waals surface area contributed by atoms with E-state index in [0.29, 0.717) is 6.54 Å². The highest BCUT2D eigenvalue weighted by Crippen LogP contribution is 2.21. The Bertz CT molecular complexity index is 653. The van der Waals surface area contributed by atoms with Crippen LogP contribution >= 0.6 is 0 Å². The number of piperazine rings is 1. The predicted octanol–water partition coefficient (Wildman–Crippen LogP) is 3.30. The Morgan fingerprint density at radius 2 is 1.61 bits per heavy atom. The molecule has 1 aliphatic rings. The quantitative estimate of drug-likeness (QED) is 0.860. The molecule has 0 N–H and O–H groups in total. The van der Waals surface area contributed by atoms with Gasteiger partial charge in [-0.2, -0.15) is 0 Å². The Morgan fingerprint density at radius 1 is 0.913 bits per heavy atom. The van der Waals surface area contributed by atoms with Gasteiger partial charge in [-0.05, 0) is 42.0 Å². The second-order valence-corrected chi connectivity index (χ2v) is 5.71. The van der Waals surface area contributed by atoms with Gasteiger partial charge >= 0.3 is 0 Å². The Hall–Kier alpha value is -2.14. The van der Waals surface area contributed by atoms with E-state index >= 15 is 0 Å². The summed E-state index contributed by atoms with van der Waals surface area (Å²) in [5, 5.41) is 0. The number of methoxy groups -OCH3 is 1. The summed E-state index contributed by atoms with van der Waals surface area (Å²) >= 11 is 0. The van der Waals surface area contributed by atoms with E-state index in [2.05, 4.69) is 21.9 Å².